The summed E-state index contributed by atoms with van der Waals surface area (Å²) in [7, 11) is 0. The number of rotatable bonds is 6. The molecule has 170 valence electrons. The molecule has 0 bridgehead atoms. The first kappa shape index (κ1) is 21.9. The summed E-state index contributed by atoms with van der Waals surface area (Å²) in [5.74, 6) is -0.563. The molecule has 5 aromatic rings. The second-order valence-electron chi connectivity index (χ2n) is 8.25. The monoisotopic (exact) mass is 472 g/mol. The number of fused-ring (bicyclic) bond motifs is 1. The molecule has 3 aromatic carbocycles. The second-order valence-corrected chi connectivity index (χ2v) is 8.65. The molecule has 0 saturated carbocycles. The Bertz CT molecular complexity index is 1530. The Morgan fingerprint density at radius 3 is 2.74 bits per heavy atom. The molecular formula is C27H22ClFN4O. The van der Waals surface area contributed by atoms with Gasteiger partial charge in [0.15, 0.2) is 0 Å². The maximum Gasteiger partial charge on any atom is 0.253 e. The van der Waals surface area contributed by atoms with Crippen LogP contribution in [-0.2, 0) is 6.54 Å². The van der Waals surface area contributed by atoms with Gasteiger partial charge in [-0.15, -0.1) is 0 Å². The molecule has 5 rings (SSSR count). The van der Waals surface area contributed by atoms with Crippen molar-refractivity contribution >= 4 is 28.2 Å². The SMILES string of the molecule is C[C@H](Nc1cccc(-c2cncn2Cc2ccccc2)c1)c1cc2cc(Cl)c(F)cc2[nH]c1=O. The first-order valence-electron chi connectivity index (χ1n) is 10.9. The third-order valence-electron chi connectivity index (χ3n) is 5.83. The van der Waals surface area contributed by atoms with E-state index in [4.69, 9.17) is 11.6 Å². The maximum absolute atomic E-state index is 13.8. The van der Waals surface area contributed by atoms with Crippen LogP contribution in [0.1, 0.15) is 24.1 Å². The normalized spacial score (nSPS) is 12.1. The number of hydrogen-bond donors (Lipinski definition) is 2. The molecule has 2 heterocycles. The number of aromatic nitrogens is 3. The topological polar surface area (TPSA) is 62.7 Å². The zero-order chi connectivity index (χ0) is 23.7. The van der Waals surface area contributed by atoms with Crippen LogP contribution in [0.15, 0.2) is 90.1 Å². The van der Waals surface area contributed by atoms with E-state index in [0.717, 1.165) is 23.5 Å². The maximum atomic E-state index is 13.8. The predicted octanol–water partition coefficient (Wildman–Crippen LogP) is 6.41. The molecule has 5 nitrogen and oxygen atoms in total. The summed E-state index contributed by atoms with van der Waals surface area (Å²) in [5, 5.41) is 4.10. The average Bonchev–Trinajstić information content (AvgIpc) is 3.29. The lowest BCUT2D eigenvalue weighted by molar-refractivity contribution is 0.629. The Kier molecular flexibility index (Phi) is 5.90. The van der Waals surface area contributed by atoms with E-state index in [1.54, 1.807) is 6.07 Å². The van der Waals surface area contributed by atoms with Crippen molar-refractivity contribution < 1.29 is 4.39 Å². The van der Waals surface area contributed by atoms with Crippen molar-refractivity contribution in [2.24, 2.45) is 0 Å². The highest BCUT2D eigenvalue weighted by Crippen LogP contribution is 2.27. The predicted molar refractivity (Wildman–Crippen MR) is 135 cm³/mol. The third kappa shape index (κ3) is 4.45. The minimum absolute atomic E-state index is 0.0194. The van der Waals surface area contributed by atoms with Gasteiger partial charge in [0.1, 0.15) is 5.82 Å². The van der Waals surface area contributed by atoms with Crippen molar-refractivity contribution in [3.05, 3.63) is 118 Å². The molecule has 0 fully saturated rings. The van der Waals surface area contributed by atoms with Gasteiger partial charge in [0.25, 0.3) is 5.56 Å². The molecule has 34 heavy (non-hydrogen) atoms. The van der Waals surface area contributed by atoms with Gasteiger partial charge in [0.05, 0.1) is 34.8 Å². The molecule has 0 aliphatic heterocycles. The minimum atomic E-state index is -0.563. The van der Waals surface area contributed by atoms with Crippen LogP contribution in [0.4, 0.5) is 10.1 Å². The van der Waals surface area contributed by atoms with E-state index in [2.05, 4.69) is 32.0 Å². The smallest absolute Gasteiger partial charge is 0.253 e. The van der Waals surface area contributed by atoms with Crippen molar-refractivity contribution in [2.45, 2.75) is 19.5 Å². The number of hydrogen-bond acceptors (Lipinski definition) is 3. The van der Waals surface area contributed by atoms with E-state index < -0.39 is 5.82 Å². The summed E-state index contributed by atoms with van der Waals surface area (Å²) in [5.41, 5.74) is 4.76. The Morgan fingerprint density at radius 1 is 1.09 bits per heavy atom. The molecule has 0 aliphatic rings. The first-order valence-corrected chi connectivity index (χ1v) is 11.3. The summed E-state index contributed by atoms with van der Waals surface area (Å²) in [6, 6.07) is 22.4. The summed E-state index contributed by atoms with van der Waals surface area (Å²) in [4.78, 5) is 19.8. The number of aromatic amines is 1. The summed E-state index contributed by atoms with van der Waals surface area (Å²) >= 11 is 5.93. The Balaban J connectivity index is 1.41. The van der Waals surface area contributed by atoms with Crippen molar-refractivity contribution in [3.63, 3.8) is 0 Å². The van der Waals surface area contributed by atoms with Gasteiger partial charge < -0.3 is 14.9 Å². The molecule has 7 heteroatoms. The highest BCUT2D eigenvalue weighted by Gasteiger charge is 2.14. The van der Waals surface area contributed by atoms with Crippen molar-refractivity contribution in [1.82, 2.24) is 14.5 Å². The lowest BCUT2D eigenvalue weighted by Crippen LogP contribution is -2.19. The van der Waals surface area contributed by atoms with Crippen LogP contribution >= 0.6 is 11.6 Å². The first-order chi connectivity index (χ1) is 16.5. The molecule has 0 aliphatic carbocycles. The van der Waals surface area contributed by atoms with Gasteiger partial charge in [-0.25, -0.2) is 9.37 Å². The fourth-order valence-electron chi connectivity index (χ4n) is 4.10. The molecule has 2 aromatic heterocycles. The molecular weight excluding hydrogens is 451 g/mol. The van der Waals surface area contributed by atoms with Gasteiger partial charge in [-0.05, 0) is 42.8 Å². The van der Waals surface area contributed by atoms with Crippen LogP contribution < -0.4 is 10.9 Å². The van der Waals surface area contributed by atoms with E-state index >= 15 is 0 Å². The van der Waals surface area contributed by atoms with Crippen molar-refractivity contribution in [1.29, 1.82) is 0 Å². The summed E-state index contributed by atoms with van der Waals surface area (Å²) in [6.45, 7) is 2.63. The standard InChI is InChI=1S/C27H22ClFN4O/c1-17(22-11-20-12-23(28)24(29)13-25(20)32-27(22)34)31-21-9-5-8-19(10-21)26-14-30-16-33(26)15-18-6-3-2-4-7-18/h2-14,16-17,31H,15H2,1H3,(H,32,34)/t17-/m0/s1. The highest BCUT2D eigenvalue weighted by molar-refractivity contribution is 6.31. The van der Waals surface area contributed by atoms with E-state index in [-0.39, 0.29) is 16.6 Å². The Hall–Kier alpha value is -3.90. The van der Waals surface area contributed by atoms with Crippen LogP contribution in [0.3, 0.4) is 0 Å². The number of benzene rings is 3. The Morgan fingerprint density at radius 2 is 1.91 bits per heavy atom. The summed E-state index contributed by atoms with van der Waals surface area (Å²) < 4.78 is 15.9. The third-order valence-corrected chi connectivity index (χ3v) is 6.12. The van der Waals surface area contributed by atoms with E-state index in [0.29, 0.717) is 16.5 Å². The zero-order valence-corrected chi connectivity index (χ0v) is 19.2. The van der Waals surface area contributed by atoms with Crippen LogP contribution in [0.25, 0.3) is 22.2 Å². The van der Waals surface area contributed by atoms with Crippen LogP contribution in [-0.4, -0.2) is 14.5 Å². The number of pyridine rings is 1. The average molecular weight is 473 g/mol. The number of imidazole rings is 1. The van der Waals surface area contributed by atoms with Crippen molar-refractivity contribution in [2.75, 3.05) is 5.32 Å². The fourth-order valence-corrected chi connectivity index (χ4v) is 4.27. The molecule has 0 radical (unpaired) electrons. The van der Waals surface area contributed by atoms with Crippen LogP contribution in [0.2, 0.25) is 5.02 Å². The molecule has 0 amide bonds. The van der Waals surface area contributed by atoms with Crippen LogP contribution in [0.5, 0.6) is 0 Å². The molecule has 0 unspecified atom stereocenters. The zero-order valence-electron chi connectivity index (χ0n) is 18.4. The molecule has 0 saturated heterocycles. The van der Waals surface area contributed by atoms with E-state index in [1.807, 2.05) is 61.9 Å². The minimum Gasteiger partial charge on any atom is -0.378 e. The van der Waals surface area contributed by atoms with Crippen LogP contribution in [0, 0.1) is 5.82 Å². The lowest BCUT2D eigenvalue weighted by Gasteiger charge is -2.17. The largest absolute Gasteiger partial charge is 0.378 e. The fraction of sp³-hybridized carbons (Fsp3) is 0.111. The number of nitrogens with one attached hydrogen (secondary N) is 2. The molecule has 1 atom stereocenters. The number of H-pyrrole nitrogens is 1. The lowest BCUT2D eigenvalue weighted by atomic mass is 10.1. The van der Waals surface area contributed by atoms with Gasteiger partial charge in [0.2, 0.25) is 0 Å². The highest BCUT2D eigenvalue weighted by atomic mass is 35.5. The van der Waals surface area contributed by atoms with Gasteiger partial charge >= 0.3 is 0 Å². The number of nitrogens with zero attached hydrogens (tertiary/aromatic N) is 2. The van der Waals surface area contributed by atoms with Gasteiger partial charge in [-0.3, -0.25) is 4.79 Å². The quantitative estimate of drug-likeness (QED) is 0.300. The Labute approximate surface area is 200 Å². The van der Waals surface area contributed by atoms with Gasteiger partial charge in [-0.1, -0.05) is 54.1 Å². The van der Waals surface area contributed by atoms with Gasteiger partial charge in [-0.2, -0.15) is 0 Å². The van der Waals surface area contributed by atoms with Gasteiger partial charge in [0, 0.05) is 28.7 Å². The number of anilines is 1. The van der Waals surface area contributed by atoms with E-state index in [9.17, 15) is 9.18 Å². The molecule has 2 N–H and O–H groups in total. The second kappa shape index (κ2) is 9.15. The number of halogens is 2. The van der Waals surface area contributed by atoms with E-state index in [1.165, 1.54) is 17.7 Å². The summed E-state index contributed by atoms with van der Waals surface area (Å²) in [6.07, 6.45) is 3.68. The van der Waals surface area contributed by atoms with Crippen molar-refractivity contribution in [3.8, 4) is 11.3 Å². The molecule has 0 spiro atoms.